The van der Waals surface area contributed by atoms with Gasteiger partial charge in [-0.1, -0.05) is 6.07 Å². The van der Waals surface area contributed by atoms with Gasteiger partial charge in [-0.15, -0.1) is 0 Å². The zero-order chi connectivity index (χ0) is 20.9. The van der Waals surface area contributed by atoms with E-state index in [0.717, 1.165) is 29.7 Å². The van der Waals surface area contributed by atoms with Crippen molar-refractivity contribution in [1.82, 2.24) is 9.62 Å². The van der Waals surface area contributed by atoms with Crippen LogP contribution >= 0.6 is 0 Å². The molecule has 1 aromatic rings. The fraction of sp³-hybridized carbons (Fsp3) is 0.600. The van der Waals surface area contributed by atoms with Crippen LogP contribution in [0.25, 0.3) is 0 Å². The molecule has 1 aliphatic heterocycles. The number of amides is 1. The maximum absolute atomic E-state index is 13.0. The molecular formula is C20H30N3O5S+. The van der Waals surface area contributed by atoms with Crippen molar-refractivity contribution >= 4 is 21.9 Å². The Morgan fingerprint density at radius 1 is 1.17 bits per heavy atom. The second kappa shape index (κ2) is 9.69. The fourth-order valence-electron chi connectivity index (χ4n) is 3.93. The zero-order valence-electron chi connectivity index (χ0n) is 16.9. The van der Waals surface area contributed by atoms with Crippen LogP contribution in [-0.4, -0.2) is 71.0 Å². The van der Waals surface area contributed by atoms with Gasteiger partial charge in [0.1, 0.15) is 0 Å². The molecular weight excluding hydrogens is 394 g/mol. The molecule has 9 heteroatoms. The Hall–Kier alpha value is -1.97. The Labute approximate surface area is 172 Å². The highest BCUT2D eigenvalue weighted by molar-refractivity contribution is 7.89. The summed E-state index contributed by atoms with van der Waals surface area (Å²) in [7, 11) is -2.15. The summed E-state index contributed by atoms with van der Waals surface area (Å²) in [5.74, 6) is -0.370. The van der Waals surface area contributed by atoms with Crippen molar-refractivity contribution in [3.05, 3.63) is 29.3 Å². The first-order valence-electron chi connectivity index (χ1n) is 10.2. The Balaban J connectivity index is 1.45. The molecule has 1 aromatic carbocycles. The average Bonchev–Trinajstić information content (AvgIpc) is 3.19. The minimum Gasteiger partial charge on any atom is -0.469 e. The summed E-state index contributed by atoms with van der Waals surface area (Å²) in [6.45, 7) is 2.75. The van der Waals surface area contributed by atoms with Crippen molar-refractivity contribution in [3.8, 4) is 0 Å². The smallest absolute Gasteiger partial charge is 0.305 e. The highest BCUT2D eigenvalue weighted by Crippen LogP contribution is 2.26. The van der Waals surface area contributed by atoms with Gasteiger partial charge >= 0.3 is 5.97 Å². The first kappa shape index (κ1) is 21.7. The highest BCUT2D eigenvalue weighted by atomic mass is 32.2. The van der Waals surface area contributed by atoms with E-state index in [0.29, 0.717) is 50.6 Å². The number of esters is 1. The van der Waals surface area contributed by atoms with Gasteiger partial charge in [0, 0.05) is 13.0 Å². The lowest BCUT2D eigenvalue weighted by molar-refractivity contribution is -0.895. The van der Waals surface area contributed by atoms with Crippen LogP contribution in [0.2, 0.25) is 0 Å². The van der Waals surface area contributed by atoms with E-state index in [1.165, 1.54) is 17.0 Å². The third-order valence-corrected chi connectivity index (χ3v) is 7.55. The van der Waals surface area contributed by atoms with Gasteiger partial charge in [-0.05, 0) is 48.9 Å². The van der Waals surface area contributed by atoms with Gasteiger partial charge in [0.15, 0.2) is 6.54 Å². The van der Waals surface area contributed by atoms with Gasteiger partial charge in [-0.3, -0.25) is 9.59 Å². The fourth-order valence-corrected chi connectivity index (χ4v) is 5.42. The van der Waals surface area contributed by atoms with Gasteiger partial charge in [-0.2, -0.15) is 4.31 Å². The number of ether oxygens (including phenoxy) is 1. The predicted octanol–water partition coefficient (Wildman–Crippen LogP) is -0.866. The molecule has 1 saturated heterocycles. The van der Waals surface area contributed by atoms with E-state index in [2.05, 4.69) is 10.1 Å². The van der Waals surface area contributed by atoms with E-state index in [4.69, 9.17) is 0 Å². The number of carbonyl (C=O) groups excluding carboxylic acids is 2. The molecule has 0 atom stereocenters. The van der Waals surface area contributed by atoms with Crippen molar-refractivity contribution in [3.63, 3.8) is 0 Å². The number of nitrogens with zero attached hydrogens (tertiary/aromatic N) is 1. The standard InChI is InChI=1S/C20H29N3O5S/c1-28-20(25)6-3-9-21-19(24)15-22-10-12-23(13-11-22)29(26,27)18-8-7-16-4-2-5-17(16)14-18/h7-8,14H,2-6,9-13,15H2,1H3,(H,21,24)/p+1. The summed E-state index contributed by atoms with van der Waals surface area (Å²) >= 11 is 0. The monoisotopic (exact) mass is 424 g/mol. The molecule has 29 heavy (non-hydrogen) atoms. The lowest BCUT2D eigenvalue weighted by atomic mass is 10.1. The topological polar surface area (TPSA) is 97.2 Å². The number of nitrogens with one attached hydrogen (secondary N) is 2. The number of fused-ring (bicyclic) bond motifs is 1. The minimum absolute atomic E-state index is 0.0835. The Morgan fingerprint density at radius 3 is 2.62 bits per heavy atom. The van der Waals surface area contributed by atoms with E-state index >= 15 is 0 Å². The molecule has 1 heterocycles. The number of sulfonamides is 1. The van der Waals surface area contributed by atoms with Crippen molar-refractivity contribution in [1.29, 1.82) is 0 Å². The van der Waals surface area contributed by atoms with Crippen LogP contribution in [0.15, 0.2) is 23.1 Å². The molecule has 2 N–H and O–H groups in total. The zero-order valence-corrected chi connectivity index (χ0v) is 17.7. The van der Waals surface area contributed by atoms with Crippen LogP contribution in [0.1, 0.15) is 30.4 Å². The number of aryl methyl sites for hydroxylation is 2. The predicted molar refractivity (Wildman–Crippen MR) is 107 cm³/mol. The van der Waals surface area contributed by atoms with Crippen molar-refractivity contribution in [2.24, 2.45) is 0 Å². The first-order valence-corrected chi connectivity index (χ1v) is 11.6. The van der Waals surface area contributed by atoms with Crippen molar-refractivity contribution in [2.45, 2.75) is 37.0 Å². The van der Waals surface area contributed by atoms with Crippen LogP contribution < -0.4 is 10.2 Å². The molecule has 1 fully saturated rings. The summed E-state index contributed by atoms with van der Waals surface area (Å²) in [6.07, 6.45) is 3.89. The largest absolute Gasteiger partial charge is 0.469 e. The van der Waals surface area contributed by atoms with E-state index in [1.807, 2.05) is 12.1 Å². The SMILES string of the molecule is COC(=O)CCCNC(=O)C[NH+]1CCN(S(=O)(=O)c2ccc3c(c2)CCC3)CC1. The lowest BCUT2D eigenvalue weighted by Gasteiger charge is -2.31. The molecule has 0 unspecified atom stereocenters. The third kappa shape index (κ3) is 5.55. The van der Waals surface area contributed by atoms with Crippen LogP contribution in [-0.2, 0) is 37.2 Å². The second-order valence-corrected chi connectivity index (χ2v) is 9.58. The summed E-state index contributed by atoms with van der Waals surface area (Å²) in [4.78, 5) is 24.5. The Kier molecular flexibility index (Phi) is 7.26. The van der Waals surface area contributed by atoms with Crippen LogP contribution in [0, 0.1) is 0 Å². The Bertz CT molecular complexity index is 848. The number of quaternary nitrogens is 1. The van der Waals surface area contributed by atoms with Crippen molar-refractivity contribution < 1.29 is 27.6 Å². The number of hydrogen-bond donors (Lipinski definition) is 2. The number of carbonyl (C=O) groups is 2. The van der Waals surface area contributed by atoms with E-state index < -0.39 is 10.0 Å². The summed E-state index contributed by atoms with van der Waals surface area (Å²) in [5.41, 5.74) is 2.41. The van der Waals surface area contributed by atoms with E-state index in [1.54, 1.807) is 6.07 Å². The molecule has 0 saturated carbocycles. The number of rotatable bonds is 8. The Morgan fingerprint density at radius 2 is 1.90 bits per heavy atom. The lowest BCUT2D eigenvalue weighted by Crippen LogP contribution is -3.15. The highest BCUT2D eigenvalue weighted by Gasteiger charge is 2.31. The van der Waals surface area contributed by atoms with E-state index in [-0.39, 0.29) is 18.3 Å². The normalized spacial score (nSPS) is 17.7. The molecule has 0 aromatic heterocycles. The molecule has 0 bridgehead atoms. The summed E-state index contributed by atoms with van der Waals surface area (Å²) < 4.78 is 32.0. The summed E-state index contributed by atoms with van der Waals surface area (Å²) in [6, 6.07) is 5.50. The molecule has 1 amide bonds. The number of hydrogen-bond acceptors (Lipinski definition) is 5. The molecule has 8 nitrogen and oxygen atoms in total. The average molecular weight is 425 g/mol. The van der Waals surface area contributed by atoms with Crippen LogP contribution in [0.3, 0.4) is 0 Å². The van der Waals surface area contributed by atoms with Gasteiger partial charge < -0.3 is 15.0 Å². The van der Waals surface area contributed by atoms with Gasteiger partial charge in [0.2, 0.25) is 10.0 Å². The molecule has 3 rings (SSSR count). The quantitative estimate of drug-likeness (QED) is 0.418. The maximum Gasteiger partial charge on any atom is 0.305 e. The minimum atomic E-state index is -3.49. The second-order valence-electron chi connectivity index (χ2n) is 7.64. The van der Waals surface area contributed by atoms with Gasteiger partial charge in [0.05, 0.1) is 38.2 Å². The third-order valence-electron chi connectivity index (χ3n) is 5.66. The van der Waals surface area contributed by atoms with E-state index in [9.17, 15) is 18.0 Å². The van der Waals surface area contributed by atoms with Crippen LogP contribution in [0.4, 0.5) is 0 Å². The molecule has 1 aliphatic carbocycles. The van der Waals surface area contributed by atoms with Gasteiger partial charge in [-0.25, -0.2) is 8.42 Å². The molecule has 160 valence electrons. The molecule has 2 aliphatic rings. The number of piperazine rings is 1. The molecule has 0 spiro atoms. The first-order chi connectivity index (χ1) is 13.9. The molecule has 0 radical (unpaired) electrons. The van der Waals surface area contributed by atoms with Gasteiger partial charge in [0.25, 0.3) is 5.91 Å². The number of methoxy groups -OCH3 is 1. The maximum atomic E-state index is 13.0. The number of benzene rings is 1. The van der Waals surface area contributed by atoms with Crippen molar-refractivity contribution in [2.75, 3.05) is 46.4 Å². The van der Waals surface area contributed by atoms with Crippen LogP contribution in [0.5, 0.6) is 0 Å². The summed E-state index contributed by atoms with van der Waals surface area (Å²) in [5, 5.41) is 2.80.